The van der Waals surface area contributed by atoms with Gasteiger partial charge >= 0.3 is 0 Å². The minimum absolute atomic E-state index is 0.139. The average molecular weight is 385 g/mol. The summed E-state index contributed by atoms with van der Waals surface area (Å²) in [4.78, 5) is 14.3. The Morgan fingerprint density at radius 2 is 1.82 bits per heavy atom. The van der Waals surface area contributed by atoms with E-state index in [9.17, 15) is 4.79 Å². The molecule has 0 saturated carbocycles. The molecule has 5 heteroatoms. The molecule has 0 aliphatic heterocycles. The van der Waals surface area contributed by atoms with Crippen molar-refractivity contribution >= 4 is 5.91 Å². The van der Waals surface area contributed by atoms with Crippen molar-refractivity contribution in [2.24, 2.45) is 11.7 Å². The van der Waals surface area contributed by atoms with Gasteiger partial charge in [0.1, 0.15) is 0 Å². The smallest absolute Gasteiger partial charge is 0.222 e. The third-order valence-corrected chi connectivity index (χ3v) is 5.65. The molecule has 2 rings (SSSR count). The summed E-state index contributed by atoms with van der Waals surface area (Å²) < 4.78 is 2.05. The minimum Gasteiger partial charge on any atom is -0.346 e. The molecule has 0 saturated heterocycles. The maximum absolute atomic E-state index is 12.5. The van der Waals surface area contributed by atoms with Crippen LogP contribution in [0.1, 0.15) is 54.8 Å². The van der Waals surface area contributed by atoms with Gasteiger partial charge in [0.25, 0.3) is 0 Å². The summed E-state index contributed by atoms with van der Waals surface area (Å²) in [6.07, 6.45) is 2.07. The highest BCUT2D eigenvalue weighted by Crippen LogP contribution is 2.17. The molecule has 1 heterocycles. The van der Waals surface area contributed by atoms with Crippen molar-refractivity contribution in [3.05, 3.63) is 52.3 Å². The predicted molar refractivity (Wildman–Crippen MR) is 115 cm³/mol. The first-order chi connectivity index (χ1) is 13.2. The molecule has 0 radical (unpaired) electrons. The van der Waals surface area contributed by atoms with Gasteiger partial charge in [0.05, 0.1) is 12.2 Å². The van der Waals surface area contributed by atoms with Gasteiger partial charge in [0.2, 0.25) is 5.91 Å². The van der Waals surface area contributed by atoms with Crippen LogP contribution in [0.25, 0.3) is 0 Å². The molecule has 28 heavy (non-hydrogen) atoms. The minimum atomic E-state index is 0.139. The molecule has 0 aliphatic carbocycles. The van der Waals surface area contributed by atoms with Crippen LogP contribution in [0.2, 0.25) is 0 Å². The number of carbonyl (C=O) groups excluding carboxylic acids is 1. The molecular weight excluding hydrogens is 348 g/mol. The Labute approximate surface area is 169 Å². The third kappa shape index (κ3) is 5.93. The Bertz CT molecular complexity index is 777. The Hall–Kier alpha value is -2.14. The number of benzene rings is 1. The Kier molecular flexibility index (Phi) is 7.81. The van der Waals surface area contributed by atoms with E-state index in [4.69, 9.17) is 10.8 Å². The monoisotopic (exact) mass is 384 g/mol. The largest absolute Gasteiger partial charge is 0.346 e. The molecule has 1 aromatic carbocycles. The highest BCUT2D eigenvalue weighted by molar-refractivity contribution is 5.76. The molecule has 1 aromatic heterocycles. The van der Waals surface area contributed by atoms with E-state index < -0.39 is 0 Å². The van der Waals surface area contributed by atoms with Crippen LogP contribution in [-0.2, 0) is 17.8 Å². The van der Waals surface area contributed by atoms with Crippen molar-refractivity contribution in [2.45, 2.75) is 66.5 Å². The van der Waals surface area contributed by atoms with Crippen LogP contribution in [0.5, 0.6) is 0 Å². The van der Waals surface area contributed by atoms with E-state index in [1.54, 1.807) is 0 Å². The van der Waals surface area contributed by atoms with Crippen LogP contribution in [0.3, 0.4) is 0 Å². The molecule has 2 N–H and O–H groups in total. The summed E-state index contributed by atoms with van der Waals surface area (Å²) >= 11 is 0. The quantitative estimate of drug-likeness (QED) is 0.718. The molecule has 1 amide bonds. The highest BCUT2D eigenvalue weighted by atomic mass is 16.2. The van der Waals surface area contributed by atoms with Crippen molar-refractivity contribution in [1.29, 1.82) is 0 Å². The maximum Gasteiger partial charge on any atom is 0.222 e. The number of nitrogens with two attached hydrogens (primary N) is 1. The van der Waals surface area contributed by atoms with Crippen LogP contribution in [0.15, 0.2) is 24.3 Å². The predicted octanol–water partition coefficient (Wildman–Crippen LogP) is 3.62. The molecule has 0 spiro atoms. The van der Waals surface area contributed by atoms with Gasteiger partial charge in [-0.05, 0) is 50.7 Å². The van der Waals surface area contributed by atoms with Crippen LogP contribution in [0.4, 0.5) is 0 Å². The van der Waals surface area contributed by atoms with Crippen molar-refractivity contribution in [1.82, 2.24) is 14.7 Å². The number of hydrogen-bond acceptors (Lipinski definition) is 3. The zero-order valence-electron chi connectivity index (χ0n) is 18.3. The summed E-state index contributed by atoms with van der Waals surface area (Å²) in [6.45, 7) is 11.9. The first-order valence-electron chi connectivity index (χ1n) is 10.3. The van der Waals surface area contributed by atoms with Crippen molar-refractivity contribution < 1.29 is 4.79 Å². The van der Waals surface area contributed by atoms with Gasteiger partial charge in [-0.3, -0.25) is 9.48 Å². The standard InChI is InChI=1S/C23H36N4O/c1-16(2)22(24)13-14-26(6)23(28)12-11-21-18(4)25-27(19(21)5)15-20-9-7-17(3)8-10-20/h7-10,16,22H,11-15,24H2,1-6H3. The van der Waals surface area contributed by atoms with E-state index in [1.807, 2.05) is 23.6 Å². The fourth-order valence-corrected chi connectivity index (χ4v) is 3.34. The average Bonchev–Trinajstić information content (AvgIpc) is 2.92. The number of rotatable bonds is 9. The molecule has 154 valence electrons. The Morgan fingerprint density at radius 3 is 2.43 bits per heavy atom. The summed E-state index contributed by atoms with van der Waals surface area (Å²) in [6, 6.07) is 8.68. The van der Waals surface area contributed by atoms with E-state index in [2.05, 4.69) is 52.0 Å². The van der Waals surface area contributed by atoms with E-state index in [0.29, 0.717) is 18.9 Å². The molecule has 0 aliphatic rings. The number of aryl methyl sites for hydroxylation is 2. The lowest BCUT2D eigenvalue weighted by molar-refractivity contribution is -0.129. The number of amides is 1. The van der Waals surface area contributed by atoms with Crippen molar-refractivity contribution in [3.8, 4) is 0 Å². The van der Waals surface area contributed by atoms with Crippen LogP contribution in [0, 0.1) is 26.7 Å². The number of carbonyl (C=O) groups is 1. The SMILES string of the molecule is Cc1ccc(Cn2nc(C)c(CCC(=O)N(C)CCC(N)C(C)C)c2C)cc1. The first kappa shape index (κ1) is 22.2. The second-order valence-corrected chi connectivity index (χ2v) is 8.30. The van der Waals surface area contributed by atoms with Gasteiger partial charge in [-0.15, -0.1) is 0 Å². The van der Waals surface area contributed by atoms with Crippen LogP contribution >= 0.6 is 0 Å². The summed E-state index contributed by atoms with van der Waals surface area (Å²) in [5.74, 6) is 0.606. The third-order valence-electron chi connectivity index (χ3n) is 5.65. The van der Waals surface area contributed by atoms with Crippen LogP contribution in [-0.4, -0.2) is 40.2 Å². The Balaban J connectivity index is 1.94. The second kappa shape index (κ2) is 9.87. The van der Waals surface area contributed by atoms with Gasteiger partial charge in [0.15, 0.2) is 0 Å². The second-order valence-electron chi connectivity index (χ2n) is 8.30. The zero-order chi connectivity index (χ0) is 20.8. The van der Waals surface area contributed by atoms with Gasteiger partial charge in [-0.1, -0.05) is 43.7 Å². The first-order valence-corrected chi connectivity index (χ1v) is 10.3. The normalized spacial score (nSPS) is 12.4. The van der Waals surface area contributed by atoms with Gasteiger partial charge in [-0.2, -0.15) is 5.10 Å². The molecular formula is C23H36N4O. The molecule has 1 unspecified atom stereocenters. The maximum atomic E-state index is 12.5. The highest BCUT2D eigenvalue weighted by Gasteiger charge is 2.16. The molecule has 0 bridgehead atoms. The fourth-order valence-electron chi connectivity index (χ4n) is 3.34. The van der Waals surface area contributed by atoms with Crippen molar-refractivity contribution in [2.75, 3.05) is 13.6 Å². The molecule has 2 aromatic rings. The van der Waals surface area contributed by atoms with Gasteiger partial charge in [-0.25, -0.2) is 0 Å². The van der Waals surface area contributed by atoms with Crippen LogP contribution < -0.4 is 5.73 Å². The van der Waals surface area contributed by atoms with Gasteiger partial charge < -0.3 is 10.6 Å². The van der Waals surface area contributed by atoms with E-state index in [1.165, 1.54) is 16.7 Å². The molecule has 5 nitrogen and oxygen atoms in total. The number of aromatic nitrogens is 2. The number of nitrogens with zero attached hydrogens (tertiary/aromatic N) is 3. The van der Waals surface area contributed by atoms with E-state index in [0.717, 1.165) is 30.8 Å². The zero-order valence-corrected chi connectivity index (χ0v) is 18.3. The molecule has 1 atom stereocenters. The lowest BCUT2D eigenvalue weighted by atomic mass is 10.0. The van der Waals surface area contributed by atoms with E-state index >= 15 is 0 Å². The summed E-state index contributed by atoms with van der Waals surface area (Å²) in [7, 11) is 1.87. The lowest BCUT2D eigenvalue weighted by Crippen LogP contribution is -2.34. The number of hydrogen-bond donors (Lipinski definition) is 1. The lowest BCUT2D eigenvalue weighted by Gasteiger charge is -2.21. The van der Waals surface area contributed by atoms with E-state index in [-0.39, 0.29) is 11.9 Å². The summed E-state index contributed by atoms with van der Waals surface area (Å²) in [5.41, 5.74) is 11.9. The topological polar surface area (TPSA) is 64.2 Å². The molecule has 0 fully saturated rings. The summed E-state index contributed by atoms with van der Waals surface area (Å²) in [5, 5.41) is 4.70. The van der Waals surface area contributed by atoms with Crippen molar-refractivity contribution in [3.63, 3.8) is 0 Å². The van der Waals surface area contributed by atoms with Gasteiger partial charge in [0, 0.05) is 31.7 Å². The fraction of sp³-hybridized carbons (Fsp3) is 0.565. The Morgan fingerprint density at radius 1 is 1.18 bits per heavy atom.